The van der Waals surface area contributed by atoms with Gasteiger partial charge in [-0.15, -0.1) is 0 Å². The first-order valence-electron chi connectivity index (χ1n) is 7.73. The SMILES string of the molecule is CCC(C#N)N1CCN(C(=O)CC2CCSCC2)CC1. The second kappa shape index (κ2) is 7.90. The van der Waals surface area contributed by atoms with Crippen molar-refractivity contribution in [2.75, 3.05) is 37.7 Å². The molecule has 0 radical (unpaired) electrons. The first-order chi connectivity index (χ1) is 9.74. The van der Waals surface area contributed by atoms with Crippen LogP contribution in [-0.2, 0) is 4.79 Å². The highest BCUT2D eigenvalue weighted by molar-refractivity contribution is 7.99. The fraction of sp³-hybridized carbons (Fsp3) is 0.867. The van der Waals surface area contributed by atoms with E-state index < -0.39 is 0 Å². The Kier molecular flexibility index (Phi) is 6.18. The van der Waals surface area contributed by atoms with Crippen molar-refractivity contribution in [2.24, 2.45) is 5.92 Å². The third kappa shape index (κ3) is 4.13. The molecule has 0 aromatic heterocycles. The van der Waals surface area contributed by atoms with Gasteiger partial charge < -0.3 is 4.90 Å². The third-order valence-corrected chi connectivity index (χ3v) is 5.50. The van der Waals surface area contributed by atoms with Gasteiger partial charge in [-0.25, -0.2) is 0 Å². The lowest BCUT2D eigenvalue weighted by molar-refractivity contribution is -0.134. The number of carbonyl (C=O) groups excluding carboxylic acids is 1. The molecule has 2 aliphatic heterocycles. The van der Waals surface area contributed by atoms with Crippen LogP contribution in [0.15, 0.2) is 0 Å². The van der Waals surface area contributed by atoms with Crippen LogP contribution in [0.5, 0.6) is 0 Å². The highest BCUT2D eigenvalue weighted by Gasteiger charge is 2.26. The molecule has 5 heteroatoms. The minimum Gasteiger partial charge on any atom is -0.340 e. The van der Waals surface area contributed by atoms with Crippen molar-refractivity contribution in [3.8, 4) is 6.07 Å². The number of rotatable bonds is 4. The van der Waals surface area contributed by atoms with Crippen molar-refractivity contribution >= 4 is 17.7 Å². The molecule has 0 saturated carbocycles. The van der Waals surface area contributed by atoms with E-state index in [2.05, 4.69) is 11.0 Å². The summed E-state index contributed by atoms with van der Waals surface area (Å²) < 4.78 is 0. The number of amides is 1. The summed E-state index contributed by atoms with van der Waals surface area (Å²) in [5.74, 6) is 3.36. The normalized spacial score (nSPS) is 23.3. The van der Waals surface area contributed by atoms with E-state index in [1.807, 2.05) is 23.6 Å². The lowest BCUT2D eigenvalue weighted by Gasteiger charge is -2.37. The Balaban J connectivity index is 1.75. The van der Waals surface area contributed by atoms with Gasteiger partial charge in [0.25, 0.3) is 0 Å². The van der Waals surface area contributed by atoms with Crippen LogP contribution < -0.4 is 0 Å². The summed E-state index contributed by atoms with van der Waals surface area (Å²) in [6, 6.07) is 2.37. The molecule has 0 aromatic rings. The number of nitrogens with zero attached hydrogens (tertiary/aromatic N) is 3. The van der Waals surface area contributed by atoms with E-state index in [1.54, 1.807) is 0 Å². The molecule has 0 bridgehead atoms. The number of thioether (sulfide) groups is 1. The molecule has 20 heavy (non-hydrogen) atoms. The second-order valence-electron chi connectivity index (χ2n) is 5.73. The van der Waals surface area contributed by atoms with Gasteiger partial charge in [0.05, 0.1) is 12.1 Å². The summed E-state index contributed by atoms with van der Waals surface area (Å²) in [7, 11) is 0. The molecule has 0 spiro atoms. The van der Waals surface area contributed by atoms with Crippen molar-refractivity contribution in [2.45, 2.75) is 38.6 Å². The minimum absolute atomic E-state index is 0.0163. The van der Waals surface area contributed by atoms with E-state index in [-0.39, 0.29) is 6.04 Å². The molecule has 2 rings (SSSR count). The average molecular weight is 295 g/mol. The fourth-order valence-electron chi connectivity index (χ4n) is 3.04. The summed E-state index contributed by atoms with van der Waals surface area (Å²) in [6.45, 7) is 5.32. The van der Waals surface area contributed by atoms with Crippen molar-refractivity contribution in [3.05, 3.63) is 0 Å². The molecule has 4 nitrogen and oxygen atoms in total. The van der Waals surface area contributed by atoms with E-state index >= 15 is 0 Å². The number of carbonyl (C=O) groups is 1. The third-order valence-electron chi connectivity index (χ3n) is 4.45. The summed E-state index contributed by atoms with van der Waals surface area (Å²) in [5, 5.41) is 9.10. The van der Waals surface area contributed by atoms with E-state index in [1.165, 1.54) is 24.3 Å². The maximum atomic E-state index is 12.3. The van der Waals surface area contributed by atoms with E-state index in [9.17, 15) is 4.79 Å². The summed E-state index contributed by atoms with van der Waals surface area (Å²) in [4.78, 5) is 16.5. The van der Waals surface area contributed by atoms with Gasteiger partial charge in [-0.05, 0) is 36.7 Å². The second-order valence-corrected chi connectivity index (χ2v) is 6.95. The Morgan fingerprint density at radius 1 is 1.30 bits per heavy atom. The first-order valence-corrected chi connectivity index (χ1v) is 8.89. The van der Waals surface area contributed by atoms with Crippen LogP contribution in [0.4, 0.5) is 0 Å². The number of nitriles is 1. The molecular weight excluding hydrogens is 270 g/mol. The molecule has 0 aromatic carbocycles. The van der Waals surface area contributed by atoms with Crippen LogP contribution in [-0.4, -0.2) is 59.4 Å². The zero-order valence-electron chi connectivity index (χ0n) is 12.4. The highest BCUT2D eigenvalue weighted by Crippen LogP contribution is 2.26. The number of piperazine rings is 1. The van der Waals surface area contributed by atoms with Crippen LogP contribution >= 0.6 is 11.8 Å². The summed E-state index contributed by atoms with van der Waals surface area (Å²) >= 11 is 2.01. The maximum absolute atomic E-state index is 12.3. The quantitative estimate of drug-likeness (QED) is 0.795. The van der Waals surface area contributed by atoms with Gasteiger partial charge in [0.15, 0.2) is 0 Å². The largest absolute Gasteiger partial charge is 0.340 e. The molecule has 2 aliphatic rings. The van der Waals surface area contributed by atoms with Crippen LogP contribution in [0.2, 0.25) is 0 Å². The van der Waals surface area contributed by atoms with Crippen molar-refractivity contribution < 1.29 is 4.79 Å². The highest BCUT2D eigenvalue weighted by atomic mass is 32.2. The monoisotopic (exact) mass is 295 g/mol. The van der Waals surface area contributed by atoms with Crippen LogP contribution in [0, 0.1) is 17.2 Å². The molecule has 1 atom stereocenters. The zero-order valence-corrected chi connectivity index (χ0v) is 13.2. The Bertz CT molecular complexity index is 355. The molecule has 2 saturated heterocycles. The van der Waals surface area contributed by atoms with Gasteiger partial charge in [0, 0.05) is 32.6 Å². The van der Waals surface area contributed by atoms with Crippen molar-refractivity contribution in [1.29, 1.82) is 5.26 Å². The van der Waals surface area contributed by atoms with E-state index in [0.29, 0.717) is 11.8 Å². The van der Waals surface area contributed by atoms with Gasteiger partial charge in [0.1, 0.15) is 0 Å². The Hall–Kier alpha value is -0.730. The predicted molar refractivity (Wildman–Crippen MR) is 82.5 cm³/mol. The molecule has 1 unspecified atom stereocenters. The molecule has 1 amide bonds. The van der Waals surface area contributed by atoms with Gasteiger partial charge in [0.2, 0.25) is 5.91 Å². The van der Waals surface area contributed by atoms with Crippen LogP contribution in [0.1, 0.15) is 32.6 Å². The standard InChI is InChI=1S/C15H25N3OS/c1-2-14(12-16)17-5-7-18(8-6-17)15(19)11-13-3-9-20-10-4-13/h13-14H,2-11H2,1H3. The minimum atomic E-state index is 0.0163. The molecular formula is C15H25N3OS. The van der Waals surface area contributed by atoms with Gasteiger partial charge in [-0.2, -0.15) is 17.0 Å². The Labute approximate surface area is 126 Å². The summed E-state index contributed by atoms with van der Waals surface area (Å²) in [5.41, 5.74) is 0. The fourth-order valence-corrected chi connectivity index (χ4v) is 4.24. The average Bonchev–Trinajstić information content (AvgIpc) is 2.50. The van der Waals surface area contributed by atoms with E-state index in [4.69, 9.17) is 5.26 Å². The zero-order chi connectivity index (χ0) is 14.4. The topological polar surface area (TPSA) is 47.3 Å². The lowest BCUT2D eigenvalue weighted by Crippen LogP contribution is -2.51. The molecule has 0 N–H and O–H groups in total. The van der Waals surface area contributed by atoms with Gasteiger partial charge in [-0.1, -0.05) is 6.92 Å². The molecule has 2 fully saturated rings. The van der Waals surface area contributed by atoms with Crippen molar-refractivity contribution in [3.63, 3.8) is 0 Å². The number of hydrogen-bond acceptors (Lipinski definition) is 4. The lowest BCUT2D eigenvalue weighted by atomic mass is 9.98. The molecule has 2 heterocycles. The van der Waals surface area contributed by atoms with Crippen molar-refractivity contribution in [1.82, 2.24) is 9.80 Å². The van der Waals surface area contributed by atoms with Crippen LogP contribution in [0.3, 0.4) is 0 Å². The van der Waals surface area contributed by atoms with Gasteiger partial charge >= 0.3 is 0 Å². The molecule has 112 valence electrons. The summed E-state index contributed by atoms with van der Waals surface area (Å²) in [6.07, 6.45) is 3.99. The predicted octanol–water partition coefficient (Wildman–Crippen LogP) is 1.97. The Morgan fingerprint density at radius 2 is 1.95 bits per heavy atom. The van der Waals surface area contributed by atoms with Crippen LogP contribution in [0.25, 0.3) is 0 Å². The first kappa shape index (κ1) is 15.7. The Morgan fingerprint density at radius 3 is 2.50 bits per heavy atom. The van der Waals surface area contributed by atoms with Gasteiger partial charge in [-0.3, -0.25) is 9.69 Å². The van der Waals surface area contributed by atoms with E-state index in [0.717, 1.165) is 39.0 Å². The molecule has 0 aliphatic carbocycles. The maximum Gasteiger partial charge on any atom is 0.222 e. The smallest absolute Gasteiger partial charge is 0.222 e. The number of hydrogen-bond donors (Lipinski definition) is 0.